The van der Waals surface area contributed by atoms with E-state index in [1.807, 2.05) is 5.32 Å². The van der Waals surface area contributed by atoms with Gasteiger partial charge in [0.1, 0.15) is 5.76 Å². The SMILES string of the molecule is CNC(=O)NC(=O)[C@H](C)OC(=O)[C@@H]1CC(=O)N(Cc2ccco2)C1. The van der Waals surface area contributed by atoms with Crippen molar-refractivity contribution >= 4 is 23.8 Å². The van der Waals surface area contributed by atoms with Crippen LogP contribution >= 0.6 is 0 Å². The van der Waals surface area contributed by atoms with Crippen LogP contribution in [0.5, 0.6) is 0 Å². The topological polar surface area (TPSA) is 118 Å². The molecule has 1 aliphatic rings. The van der Waals surface area contributed by atoms with Gasteiger partial charge in [-0.15, -0.1) is 0 Å². The predicted octanol–water partition coefficient (Wildman–Crippen LogP) is 0.0154. The van der Waals surface area contributed by atoms with Gasteiger partial charge >= 0.3 is 12.0 Å². The molecule has 1 aromatic rings. The molecule has 1 fully saturated rings. The summed E-state index contributed by atoms with van der Waals surface area (Å²) >= 11 is 0. The van der Waals surface area contributed by atoms with Crippen LogP contribution in [0, 0.1) is 5.92 Å². The molecule has 0 saturated carbocycles. The molecule has 2 atom stereocenters. The Bertz CT molecular complexity index is 627. The largest absolute Gasteiger partial charge is 0.467 e. The van der Waals surface area contributed by atoms with Crippen LogP contribution in [0.1, 0.15) is 19.1 Å². The van der Waals surface area contributed by atoms with Gasteiger partial charge in [0.25, 0.3) is 5.91 Å². The molecule has 9 heteroatoms. The Morgan fingerprint density at radius 2 is 2.21 bits per heavy atom. The molecule has 4 amide bonds. The predicted molar refractivity (Wildman–Crippen MR) is 80.4 cm³/mol. The second-order valence-electron chi connectivity index (χ2n) is 5.40. The lowest BCUT2D eigenvalue weighted by Gasteiger charge is -2.16. The monoisotopic (exact) mass is 337 g/mol. The van der Waals surface area contributed by atoms with Gasteiger partial charge in [-0.1, -0.05) is 0 Å². The molecule has 2 N–H and O–H groups in total. The number of urea groups is 1. The van der Waals surface area contributed by atoms with Crippen LogP contribution in [0.25, 0.3) is 0 Å². The number of hydrogen-bond donors (Lipinski definition) is 2. The second-order valence-corrected chi connectivity index (χ2v) is 5.40. The molecule has 0 bridgehead atoms. The Balaban J connectivity index is 1.85. The summed E-state index contributed by atoms with van der Waals surface area (Å²) in [6.07, 6.45) is 0.390. The zero-order valence-electron chi connectivity index (χ0n) is 13.4. The van der Waals surface area contributed by atoms with Crippen molar-refractivity contribution in [2.75, 3.05) is 13.6 Å². The third-order valence-electron chi connectivity index (χ3n) is 3.60. The van der Waals surface area contributed by atoms with Crippen LogP contribution in [0.2, 0.25) is 0 Å². The van der Waals surface area contributed by atoms with Gasteiger partial charge in [0.2, 0.25) is 5.91 Å². The fourth-order valence-electron chi connectivity index (χ4n) is 2.27. The molecule has 0 aliphatic carbocycles. The van der Waals surface area contributed by atoms with Crippen LogP contribution in [0.3, 0.4) is 0 Å². The highest BCUT2D eigenvalue weighted by Crippen LogP contribution is 2.22. The summed E-state index contributed by atoms with van der Waals surface area (Å²) in [6.45, 7) is 1.83. The molecule has 24 heavy (non-hydrogen) atoms. The van der Waals surface area contributed by atoms with Crippen LogP contribution in [0.4, 0.5) is 4.79 Å². The Hall–Kier alpha value is -2.84. The summed E-state index contributed by atoms with van der Waals surface area (Å²) in [7, 11) is 1.36. The van der Waals surface area contributed by atoms with E-state index < -0.39 is 29.9 Å². The molecule has 0 radical (unpaired) electrons. The minimum atomic E-state index is -1.14. The Morgan fingerprint density at radius 1 is 1.46 bits per heavy atom. The van der Waals surface area contributed by atoms with Crippen LogP contribution < -0.4 is 10.6 Å². The molecule has 2 heterocycles. The number of rotatable bonds is 5. The fraction of sp³-hybridized carbons (Fsp3) is 0.467. The van der Waals surface area contributed by atoms with Crippen LogP contribution in [-0.4, -0.2) is 48.4 Å². The number of nitrogens with one attached hydrogen (secondary N) is 2. The maximum absolute atomic E-state index is 12.1. The van der Waals surface area contributed by atoms with E-state index in [-0.39, 0.29) is 25.4 Å². The Labute approximate surface area is 138 Å². The normalized spacial score (nSPS) is 18.2. The Kier molecular flexibility index (Phi) is 5.56. The zero-order chi connectivity index (χ0) is 17.7. The molecule has 130 valence electrons. The number of esters is 1. The minimum absolute atomic E-state index is 0.0172. The third kappa shape index (κ3) is 4.34. The first kappa shape index (κ1) is 17.5. The number of nitrogens with zero attached hydrogens (tertiary/aromatic N) is 1. The van der Waals surface area contributed by atoms with E-state index in [0.29, 0.717) is 5.76 Å². The molecule has 2 rings (SSSR count). The first-order chi connectivity index (χ1) is 11.4. The van der Waals surface area contributed by atoms with E-state index >= 15 is 0 Å². The lowest BCUT2D eigenvalue weighted by atomic mass is 10.1. The molecular weight excluding hydrogens is 318 g/mol. The summed E-state index contributed by atoms with van der Waals surface area (Å²) in [6, 6.07) is 2.77. The van der Waals surface area contributed by atoms with E-state index in [1.165, 1.54) is 25.1 Å². The number of furan rings is 1. The van der Waals surface area contributed by atoms with Gasteiger partial charge in [0, 0.05) is 20.0 Å². The molecule has 0 aromatic carbocycles. The lowest BCUT2D eigenvalue weighted by Crippen LogP contribution is -2.44. The van der Waals surface area contributed by atoms with Crippen molar-refractivity contribution in [1.82, 2.24) is 15.5 Å². The van der Waals surface area contributed by atoms with Crippen molar-refractivity contribution in [2.45, 2.75) is 26.0 Å². The van der Waals surface area contributed by atoms with Crippen molar-refractivity contribution < 1.29 is 28.3 Å². The van der Waals surface area contributed by atoms with E-state index in [9.17, 15) is 19.2 Å². The van der Waals surface area contributed by atoms with Gasteiger partial charge in [-0.25, -0.2) is 4.79 Å². The average molecular weight is 337 g/mol. The number of carbonyl (C=O) groups is 4. The zero-order valence-corrected chi connectivity index (χ0v) is 13.4. The van der Waals surface area contributed by atoms with Gasteiger partial charge in [0.15, 0.2) is 6.10 Å². The highest BCUT2D eigenvalue weighted by molar-refractivity contribution is 5.97. The number of imide groups is 1. The summed E-state index contributed by atoms with van der Waals surface area (Å²) < 4.78 is 10.2. The van der Waals surface area contributed by atoms with Crippen molar-refractivity contribution in [3.63, 3.8) is 0 Å². The van der Waals surface area contributed by atoms with Crippen LogP contribution in [0.15, 0.2) is 22.8 Å². The molecular formula is C15H19N3O6. The molecule has 9 nitrogen and oxygen atoms in total. The van der Waals surface area contributed by atoms with Crippen LogP contribution in [-0.2, 0) is 25.7 Å². The minimum Gasteiger partial charge on any atom is -0.467 e. The van der Waals surface area contributed by atoms with Crippen molar-refractivity contribution in [2.24, 2.45) is 5.92 Å². The summed E-state index contributed by atoms with van der Waals surface area (Å²) in [4.78, 5) is 48.3. The van der Waals surface area contributed by atoms with Crippen molar-refractivity contribution in [3.05, 3.63) is 24.2 Å². The molecule has 1 aliphatic heterocycles. The summed E-state index contributed by atoms with van der Waals surface area (Å²) in [5.41, 5.74) is 0. The first-order valence-electron chi connectivity index (χ1n) is 7.44. The van der Waals surface area contributed by atoms with E-state index in [2.05, 4.69) is 5.32 Å². The number of ether oxygens (including phenoxy) is 1. The summed E-state index contributed by atoms with van der Waals surface area (Å²) in [5.74, 6) is -1.60. The number of hydrogen-bond acceptors (Lipinski definition) is 6. The quantitative estimate of drug-likeness (QED) is 0.731. The van der Waals surface area contributed by atoms with Crippen molar-refractivity contribution in [1.29, 1.82) is 0 Å². The van der Waals surface area contributed by atoms with Gasteiger partial charge < -0.3 is 19.4 Å². The maximum atomic E-state index is 12.1. The van der Waals surface area contributed by atoms with Crippen molar-refractivity contribution in [3.8, 4) is 0 Å². The van der Waals surface area contributed by atoms with E-state index in [4.69, 9.17) is 9.15 Å². The van der Waals surface area contributed by atoms with Gasteiger partial charge in [-0.05, 0) is 19.1 Å². The molecule has 1 aromatic heterocycles. The fourth-order valence-corrected chi connectivity index (χ4v) is 2.27. The number of likely N-dealkylation sites (tertiary alicyclic amines) is 1. The molecule has 0 unspecified atom stereocenters. The molecule has 0 spiro atoms. The average Bonchev–Trinajstić information content (AvgIpc) is 3.17. The van der Waals surface area contributed by atoms with Gasteiger partial charge in [-0.3, -0.25) is 19.7 Å². The molecule has 1 saturated heterocycles. The first-order valence-corrected chi connectivity index (χ1v) is 7.44. The summed E-state index contributed by atoms with van der Waals surface area (Å²) in [5, 5.41) is 4.24. The number of carbonyl (C=O) groups excluding carboxylic acids is 4. The third-order valence-corrected chi connectivity index (χ3v) is 3.60. The highest BCUT2D eigenvalue weighted by Gasteiger charge is 2.37. The van der Waals surface area contributed by atoms with Gasteiger partial charge in [0.05, 0.1) is 18.7 Å². The maximum Gasteiger partial charge on any atom is 0.321 e. The number of amides is 4. The standard InChI is InChI=1S/C15H19N3O6/c1-9(13(20)17-15(22)16-2)24-14(21)10-6-12(19)18(7-10)8-11-4-3-5-23-11/h3-5,9-10H,6-8H2,1-2H3,(H2,16,17,20,22)/t9-,10+/m0/s1. The highest BCUT2D eigenvalue weighted by atomic mass is 16.5. The second kappa shape index (κ2) is 7.62. The van der Waals surface area contributed by atoms with E-state index in [0.717, 1.165) is 0 Å². The van der Waals surface area contributed by atoms with Gasteiger partial charge in [-0.2, -0.15) is 0 Å². The van der Waals surface area contributed by atoms with E-state index in [1.54, 1.807) is 12.1 Å². The Morgan fingerprint density at radius 3 is 2.83 bits per heavy atom. The smallest absolute Gasteiger partial charge is 0.321 e. The lowest BCUT2D eigenvalue weighted by molar-refractivity contribution is -0.158.